The minimum Gasteiger partial charge on any atom is -0.408 e. The molecule has 0 aliphatic carbocycles. The van der Waals surface area contributed by atoms with Crippen LogP contribution in [0, 0.1) is 17.8 Å². The predicted molar refractivity (Wildman–Crippen MR) is 199 cm³/mol. The van der Waals surface area contributed by atoms with E-state index < -0.39 is 8.60 Å². The van der Waals surface area contributed by atoms with Gasteiger partial charge in [-0.25, -0.2) is 0 Å². The van der Waals surface area contributed by atoms with Gasteiger partial charge in [0.05, 0.1) is 0 Å². The molecule has 3 atom stereocenters. The molecule has 3 unspecified atom stereocenters. The van der Waals surface area contributed by atoms with E-state index in [0.717, 1.165) is 36.5 Å². The molecule has 4 heteroatoms. The number of para-hydroxylation sites is 3. The van der Waals surface area contributed by atoms with E-state index in [9.17, 15) is 0 Å². The molecule has 0 heterocycles. The zero-order chi connectivity index (χ0) is 33.0. The number of benzene rings is 3. The van der Waals surface area contributed by atoms with Crippen molar-refractivity contribution in [2.45, 2.75) is 138 Å². The van der Waals surface area contributed by atoms with Crippen LogP contribution < -0.4 is 13.6 Å². The summed E-state index contributed by atoms with van der Waals surface area (Å²) >= 11 is 0. The van der Waals surface area contributed by atoms with Crippen molar-refractivity contribution in [1.29, 1.82) is 0 Å². The Morgan fingerprint density at radius 2 is 0.717 bits per heavy atom. The third-order valence-electron chi connectivity index (χ3n) is 9.59. The molecule has 0 fully saturated rings. The van der Waals surface area contributed by atoms with Crippen molar-refractivity contribution >= 4 is 8.60 Å². The molecule has 3 rings (SSSR count). The van der Waals surface area contributed by atoms with Gasteiger partial charge in [0.25, 0.3) is 0 Å². The molecule has 254 valence electrons. The van der Waals surface area contributed by atoms with Crippen LogP contribution in [0.1, 0.15) is 135 Å². The van der Waals surface area contributed by atoms with Crippen LogP contribution in [0.2, 0.25) is 0 Å². The average Bonchev–Trinajstić information content (AvgIpc) is 3.08. The van der Waals surface area contributed by atoms with Crippen LogP contribution in [0.3, 0.4) is 0 Å². The topological polar surface area (TPSA) is 27.7 Å². The molecule has 0 bridgehead atoms. The summed E-state index contributed by atoms with van der Waals surface area (Å²) in [5, 5.41) is 0. The summed E-state index contributed by atoms with van der Waals surface area (Å²) < 4.78 is 20.5. The quantitative estimate of drug-likeness (QED) is 0.0907. The lowest BCUT2D eigenvalue weighted by Crippen LogP contribution is -2.10. The zero-order valence-electron chi connectivity index (χ0n) is 29.9. The van der Waals surface area contributed by atoms with E-state index in [1.165, 1.54) is 93.7 Å². The van der Waals surface area contributed by atoms with E-state index in [1.54, 1.807) is 0 Å². The first-order chi connectivity index (χ1) is 22.5. The normalized spacial score (nSPS) is 14.0. The van der Waals surface area contributed by atoms with Crippen LogP contribution in [0.4, 0.5) is 0 Å². The minimum absolute atomic E-state index is 0.641. The molecule has 0 aromatic heterocycles. The lowest BCUT2D eigenvalue weighted by molar-refractivity contribution is 0.373. The number of unbranched alkanes of at least 4 members (excludes halogenated alkanes) is 3. The third kappa shape index (κ3) is 12.9. The van der Waals surface area contributed by atoms with Gasteiger partial charge in [-0.1, -0.05) is 173 Å². The lowest BCUT2D eigenvalue weighted by Gasteiger charge is -2.24. The molecule has 0 N–H and O–H groups in total. The number of hydrogen-bond donors (Lipinski definition) is 0. The Balaban J connectivity index is 1.94. The van der Waals surface area contributed by atoms with Crippen LogP contribution in [-0.4, -0.2) is 0 Å². The van der Waals surface area contributed by atoms with Gasteiger partial charge in [-0.05, 0) is 71.9 Å². The van der Waals surface area contributed by atoms with Crippen molar-refractivity contribution in [2.24, 2.45) is 17.8 Å². The Morgan fingerprint density at radius 1 is 0.435 bits per heavy atom. The summed E-state index contributed by atoms with van der Waals surface area (Å²) in [6.45, 7) is 13.8. The Morgan fingerprint density at radius 3 is 0.978 bits per heavy atom. The number of rotatable bonds is 24. The summed E-state index contributed by atoms with van der Waals surface area (Å²) in [6, 6.07) is 25.5. The fourth-order valence-corrected chi connectivity index (χ4v) is 7.47. The van der Waals surface area contributed by atoms with E-state index >= 15 is 0 Å². The van der Waals surface area contributed by atoms with E-state index in [2.05, 4.69) is 114 Å². The van der Waals surface area contributed by atoms with Gasteiger partial charge in [-0.3, -0.25) is 0 Å². The first-order valence-corrected chi connectivity index (χ1v) is 19.7. The van der Waals surface area contributed by atoms with E-state index in [4.69, 9.17) is 13.6 Å². The molecule has 3 nitrogen and oxygen atoms in total. The van der Waals surface area contributed by atoms with E-state index in [0.29, 0.717) is 17.8 Å². The fraction of sp³-hybridized carbons (Fsp3) is 0.571. The molecule has 0 radical (unpaired) electrons. The van der Waals surface area contributed by atoms with Gasteiger partial charge >= 0.3 is 8.60 Å². The Bertz CT molecular complexity index is 1080. The van der Waals surface area contributed by atoms with Crippen LogP contribution in [-0.2, 0) is 19.3 Å². The van der Waals surface area contributed by atoms with Crippen LogP contribution >= 0.6 is 8.60 Å². The molecule has 0 aliphatic heterocycles. The van der Waals surface area contributed by atoms with Crippen molar-refractivity contribution in [2.75, 3.05) is 0 Å². The highest BCUT2D eigenvalue weighted by molar-refractivity contribution is 7.43. The average molecular weight is 647 g/mol. The van der Waals surface area contributed by atoms with Crippen molar-refractivity contribution in [1.82, 2.24) is 0 Å². The summed E-state index contributed by atoms with van der Waals surface area (Å²) in [4.78, 5) is 0. The number of hydrogen-bond acceptors (Lipinski definition) is 3. The van der Waals surface area contributed by atoms with Crippen molar-refractivity contribution < 1.29 is 13.6 Å². The molecule has 0 spiro atoms. The Labute approximate surface area is 283 Å². The highest BCUT2D eigenvalue weighted by Crippen LogP contribution is 2.46. The van der Waals surface area contributed by atoms with Gasteiger partial charge in [0, 0.05) is 0 Å². The first-order valence-electron chi connectivity index (χ1n) is 18.6. The third-order valence-corrected chi connectivity index (χ3v) is 10.6. The van der Waals surface area contributed by atoms with Gasteiger partial charge in [0.15, 0.2) is 0 Å². The van der Waals surface area contributed by atoms with Crippen molar-refractivity contribution in [3.63, 3.8) is 0 Å². The molecule has 0 saturated heterocycles. The largest absolute Gasteiger partial charge is 0.530 e. The Kier molecular flexibility index (Phi) is 18.3. The van der Waals surface area contributed by atoms with Crippen LogP contribution in [0.5, 0.6) is 17.2 Å². The molecule has 0 aliphatic rings. The van der Waals surface area contributed by atoms with E-state index in [1.807, 2.05) is 0 Å². The summed E-state index contributed by atoms with van der Waals surface area (Å²) in [7, 11) is -1.76. The van der Waals surface area contributed by atoms with Crippen molar-refractivity contribution in [3.8, 4) is 17.2 Å². The summed E-state index contributed by atoms with van der Waals surface area (Å²) in [5.41, 5.74) is 3.72. The summed E-state index contributed by atoms with van der Waals surface area (Å²) in [5.74, 6) is 4.55. The highest BCUT2D eigenvalue weighted by atomic mass is 31.2. The maximum absolute atomic E-state index is 6.83. The minimum atomic E-state index is -1.76. The second-order valence-electron chi connectivity index (χ2n) is 13.2. The zero-order valence-corrected chi connectivity index (χ0v) is 30.8. The van der Waals surface area contributed by atoms with Gasteiger partial charge in [0.1, 0.15) is 17.2 Å². The molecule has 0 saturated carbocycles. The predicted octanol–water partition coefficient (Wildman–Crippen LogP) is 13.7. The molecular formula is C42H63O3P. The van der Waals surface area contributed by atoms with Gasteiger partial charge < -0.3 is 13.6 Å². The molecule has 3 aromatic rings. The SMILES string of the molecule is CCCCC(CC)Cc1ccccc1OP(Oc1ccccc1CC(CC)CCCC)Oc1ccccc1CC(CC)CCCC. The molecular weight excluding hydrogens is 583 g/mol. The first kappa shape index (κ1) is 37.9. The smallest absolute Gasteiger partial charge is 0.408 e. The second kappa shape index (κ2) is 22.1. The maximum Gasteiger partial charge on any atom is 0.530 e. The fourth-order valence-electron chi connectivity index (χ4n) is 6.34. The monoisotopic (exact) mass is 646 g/mol. The van der Waals surface area contributed by atoms with Crippen LogP contribution in [0.25, 0.3) is 0 Å². The van der Waals surface area contributed by atoms with Gasteiger partial charge in [-0.15, -0.1) is 0 Å². The van der Waals surface area contributed by atoms with Gasteiger partial charge in [0.2, 0.25) is 0 Å². The molecule has 46 heavy (non-hydrogen) atoms. The summed E-state index contributed by atoms with van der Waals surface area (Å²) in [6.07, 6.45) is 17.8. The van der Waals surface area contributed by atoms with E-state index in [-0.39, 0.29) is 0 Å². The molecule has 3 aromatic carbocycles. The molecule has 0 amide bonds. The second-order valence-corrected chi connectivity index (χ2v) is 14.2. The maximum atomic E-state index is 6.83. The highest BCUT2D eigenvalue weighted by Gasteiger charge is 2.25. The van der Waals surface area contributed by atoms with Gasteiger partial charge in [-0.2, -0.15) is 0 Å². The lowest BCUT2D eigenvalue weighted by atomic mass is 9.92. The Hall–Kier alpha value is -2.51. The van der Waals surface area contributed by atoms with Crippen molar-refractivity contribution in [3.05, 3.63) is 89.5 Å². The van der Waals surface area contributed by atoms with Crippen LogP contribution in [0.15, 0.2) is 72.8 Å². The standard InChI is InChI=1S/C42H63O3P/c1-7-13-22-34(10-4)31-37-25-16-19-28-40(37)43-46(44-41-29-20-17-26-38(41)32-35(11-5)23-14-8-2)45-42-30-21-18-27-39(42)33-36(12-6)24-15-9-3/h16-21,25-30,34-36H,7-15,22-24,31-33H2,1-6H3.